The summed E-state index contributed by atoms with van der Waals surface area (Å²) in [4.78, 5) is 16.5. The van der Waals surface area contributed by atoms with Crippen molar-refractivity contribution in [2.45, 2.75) is 32.6 Å². The van der Waals surface area contributed by atoms with Crippen molar-refractivity contribution < 1.29 is 18.0 Å². The minimum absolute atomic E-state index is 0.0347. The molecule has 0 radical (unpaired) electrons. The van der Waals surface area contributed by atoms with Gasteiger partial charge in [0.15, 0.2) is 0 Å². The van der Waals surface area contributed by atoms with E-state index in [-0.39, 0.29) is 18.1 Å². The standard InChI is InChI=1S/C19H18F3N3O/c1-12-6-3-4-8-15(12)18(26)24-13(2)11-25-16(19(20,21)22)10-14-7-5-9-23-17(14)25/h3-10,13H,11H2,1-2H3,(H,24,26)/t13-/m0/s1. The third-order valence-corrected chi connectivity index (χ3v) is 4.17. The van der Waals surface area contributed by atoms with Gasteiger partial charge >= 0.3 is 6.18 Å². The smallest absolute Gasteiger partial charge is 0.348 e. The zero-order chi connectivity index (χ0) is 18.9. The summed E-state index contributed by atoms with van der Waals surface area (Å²) < 4.78 is 41.3. The van der Waals surface area contributed by atoms with E-state index in [9.17, 15) is 18.0 Å². The number of halogens is 3. The second kappa shape index (κ2) is 6.82. The number of hydrogen-bond donors (Lipinski definition) is 1. The number of benzene rings is 1. The molecular weight excluding hydrogens is 343 g/mol. The lowest BCUT2D eigenvalue weighted by Crippen LogP contribution is -2.36. The molecule has 1 N–H and O–H groups in total. The molecule has 3 aromatic rings. The lowest BCUT2D eigenvalue weighted by Gasteiger charge is -2.19. The van der Waals surface area contributed by atoms with E-state index in [1.165, 1.54) is 6.20 Å². The normalized spacial score (nSPS) is 13.0. The van der Waals surface area contributed by atoms with Gasteiger partial charge in [0, 0.05) is 29.7 Å². The quantitative estimate of drug-likeness (QED) is 0.758. The van der Waals surface area contributed by atoms with Crippen LogP contribution >= 0.6 is 0 Å². The molecular formula is C19H18F3N3O. The van der Waals surface area contributed by atoms with Crippen LogP contribution in [0.5, 0.6) is 0 Å². The summed E-state index contributed by atoms with van der Waals surface area (Å²) in [6, 6.07) is 10.8. The molecule has 0 saturated carbocycles. The Bertz CT molecular complexity index is 947. The van der Waals surface area contributed by atoms with Crippen LogP contribution in [0.2, 0.25) is 0 Å². The largest absolute Gasteiger partial charge is 0.431 e. The maximum atomic E-state index is 13.4. The van der Waals surface area contributed by atoms with Crippen LogP contribution in [0.4, 0.5) is 13.2 Å². The molecule has 0 aliphatic carbocycles. The van der Waals surface area contributed by atoms with Crippen molar-refractivity contribution >= 4 is 16.9 Å². The number of alkyl halides is 3. The van der Waals surface area contributed by atoms with Crippen LogP contribution < -0.4 is 5.32 Å². The molecule has 26 heavy (non-hydrogen) atoms. The van der Waals surface area contributed by atoms with E-state index in [4.69, 9.17) is 0 Å². The molecule has 0 spiro atoms. The summed E-state index contributed by atoms with van der Waals surface area (Å²) in [5.41, 5.74) is 0.784. The van der Waals surface area contributed by atoms with E-state index in [2.05, 4.69) is 10.3 Å². The van der Waals surface area contributed by atoms with Crippen molar-refractivity contribution in [1.29, 1.82) is 0 Å². The van der Waals surface area contributed by atoms with Crippen molar-refractivity contribution in [1.82, 2.24) is 14.9 Å². The molecule has 3 rings (SSSR count). The molecule has 1 atom stereocenters. The number of carbonyl (C=O) groups is 1. The number of fused-ring (bicyclic) bond motifs is 1. The number of rotatable bonds is 4. The summed E-state index contributed by atoms with van der Waals surface area (Å²) >= 11 is 0. The molecule has 4 nitrogen and oxygen atoms in total. The van der Waals surface area contributed by atoms with Gasteiger partial charge in [-0.3, -0.25) is 4.79 Å². The van der Waals surface area contributed by atoms with Crippen LogP contribution in [0, 0.1) is 6.92 Å². The fourth-order valence-corrected chi connectivity index (χ4v) is 2.96. The van der Waals surface area contributed by atoms with E-state index in [0.29, 0.717) is 10.9 Å². The van der Waals surface area contributed by atoms with Crippen LogP contribution in [0.15, 0.2) is 48.7 Å². The van der Waals surface area contributed by atoms with Crippen LogP contribution in [-0.4, -0.2) is 21.5 Å². The van der Waals surface area contributed by atoms with Crippen LogP contribution in [0.25, 0.3) is 11.0 Å². The Balaban J connectivity index is 1.86. The summed E-state index contributed by atoms with van der Waals surface area (Å²) in [5.74, 6) is -0.312. The number of hydrogen-bond acceptors (Lipinski definition) is 2. The van der Waals surface area contributed by atoms with Gasteiger partial charge in [-0.05, 0) is 43.7 Å². The van der Waals surface area contributed by atoms with E-state index < -0.39 is 17.9 Å². The molecule has 136 valence electrons. The van der Waals surface area contributed by atoms with Gasteiger partial charge in [0.2, 0.25) is 0 Å². The van der Waals surface area contributed by atoms with Crippen molar-refractivity contribution in [2.24, 2.45) is 0 Å². The van der Waals surface area contributed by atoms with E-state index in [1.54, 1.807) is 31.2 Å². The Morgan fingerprint density at radius 2 is 1.96 bits per heavy atom. The Kier molecular flexibility index (Phi) is 4.71. The summed E-state index contributed by atoms with van der Waals surface area (Å²) in [6.07, 6.45) is -3.05. The number of aryl methyl sites for hydroxylation is 1. The molecule has 0 unspecified atom stereocenters. The number of aromatic nitrogens is 2. The van der Waals surface area contributed by atoms with Crippen LogP contribution in [0.1, 0.15) is 28.5 Å². The predicted octanol–water partition coefficient (Wildman–Crippen LogP) is 4.18. The van der Waals surface area contributed by atoms with Gasteiger partial charge in [-0.15, -0.1) is 0 Å². The molecule has 2 aromatic heterocycles. The first-order valence-corrected chi connectivity index (χ1v) is 8.15. The molecule has 2 heterocycles. The third kappa shape index (κ3) is 3.56. The van der Waals surface area contributed by atoms with Gasteiger partial charge in [-0.1, -0.05) is 18.2 Å². The van der Waals surface area contributed by atoms with Gasteiger partial charge in [0.1, 0.15) is 11.3 Å². The monoisotopic (exact) mass is 361 g/mol. The van der Waals surface area contributed by atoms with E-state index in [0.717, 1.165) is 16.2 Å². The molecule has 1 aromatic carbocycles. The Morgan fingerprint density at radius 3 is 2.65 bits per heavy atom. The Labute approximate surface area is 148 Å². The fourth-order valence-electron chi connectivity index (χ4n) is 2.96. The van der Waals surface area contributed by atoms with Crippen LogP contribution in [0.3, 0.4) is 0 Å². The van der Waals surface area contributed by atoms with Crippen molar-refractivity contribution in [2.75, 3.05) is 0 Å². The highest BCUT2D eigenvalue weighted by atomic mass is 19.4. The van der Waals surface area contributed by atoms with Crippen molar-refractivity contribution in [3.63, 3.8) is 0 Å². The highest BCUT2D eigenvalue weighted by Gasteiger charge is 2.36. The fraction of sp³-hybridized carbons (Fsp3) is 0.263. The first-order valence-electron chi connectivity index (χ1n) is 8.15. The minimum atomic E-state index is -4.50. The Hall–Kier alpha value is -2.83. The van der Waals surface area contributed by atoms with E-state index in [1.807, 2.05) is 19.1 Å². The average molecular weight is 361 g/mol. The van der Waals surface area contributed by atoms with Crippen molar-refractivity contribution in [3.8, 4) is 0 Å². The third-order valence-electron chi connectivity index (χ3n) is 4.17. The Morgan fingerprint density at radius 1 is 1.23 bits per heavy atom. The van der Waals surface area contributed by atoms with Crippen LogP contribution in [-0.2, 0) is 12.7 Å². The summed E-state index contributed by atoms with van der Waals surface area (Å²) in [6.45, 7) is 3.45. The molecule has 1 amide bonds. The second-order valence-electron chi connectivity index (χ2n) is 6.24. The van der Waals surface area contributed by atoms with Gasteiger partial charge < -0.3 is 9.88 Å². The number of carbonyl (C=O) groups excluding carboxylic acids is 1. The lowest BCUT2D eigenvalue weighted by molar-refractivity contribution is -0.143. The summed E-state index contributed by atoms with van der Waals surface area (Å²) in [5, 5.41) is 3.18. The van der Waals surface area contributed by atoms with Gasteiger partial charge in [-0.2, -0.15) is 13.2 Å². The number of nitrogens with one attached hydrogen (secondary N) is 1. The highest BCUT2D eigenvalue weighted by Crippen LogP contribution is 2.33. The number of nitrogens with zero attached hydrogens (tertiary/aromatic N) is 2. The molecule has 0 saturated heterocycles. The zero-order valence-corrected chi connectivity index (χ0v) is 14.3. The second-order valence-corrected chi connectivity index (χ2v) is 6.24. The maximum absolute atomic E-state index is 13.4. The first kappa shape index (κ1) is 18.0. The average Bonchev–Trinajstić information content (AvgIpc) is 2.94. The van der Waals surface area contributed by atoms with E-state index >= 15 is 0 Å². The molecule has 0 fully saturated rings. The molecule has 0 aliphatic rings. The molecule has 7 heteroatoms. The first-order chi connectivity index (χ1) is 12.3. The van der Waals surface area contributed by atoms with Crippen molar-refractivity contribution in [3.05, 3.63) is 65.5 Å². The SMILES string of the molecule is Cc1ccccc1C(=O)N[C@@H](C)Cn1c(C(F)(F)F)cc2cccnc21. The van der Waals surface area contributed by atoms with Gasteiger partial charge in [-0.25, -0.2) is 4.98 Å². The number of pyridine rings is 1. The topological polar surface area (TPSA) is 46.9 Å². The van der Waals surface area contributed by atoms with Gasteiger partial charge in [0.25, 0.3) is 5.91 Å². The zero-order valence-electron chi connectivity index (χ0n) is 14.3. The summed E-state index contributed by atoms with van der Waals surface area (Å²) in [7, 11) is 0. The molecule has 0 aliphatic heterocycles. The highest BCUT2D eigenvalue weighted by molar-refractivity contribution is 5.95. The minimum Gasteiger partial charge on any atom is -0.348 e. The maximum Gasteiger partial charge on any atom is 0.431 e. The lowest BCUT2D eigenvalue weighted by atomic mass is 10.1. The molecule has 0 bridgehead atoms. The number of amides is 1. The predicted molar refractivity (Wildman–Crippen MR) is 92.8 cm³/mol. The van der Waals surface area contributed by atoms with Gasteiger partial charge in [0.05, 0.1) is 0 Å².